The first kappa shape index (κ1) is 21.8. The van der Waals surface area contributed by atoms with E-state index in [1.165, 1.54) is 29.8 Å². The van der Waals surface area contributed by atoms with Crippen LogP contribution in [0, 0.1) is 16.7 Å². The van der Waals surface area contributed by atoms with E-state index in [9.17, 15) is 14.4 Å². The molecule has 2 atom stereocenters. The van der Waals surface area contributed by atoms with Crippen molar-refractivity contribution < 1.29 is 14.4 Å². The smallest absolute Gasteiger partial charge is 0.235 e. The molecule has 4 rings (SSSR count). The molecule has 2 unspecified atom stereocenters. The molecule has 3 amide bonds. The summed E-state index contributed by atoms with van der Waals surface area (Å²) >= 11 is 0. The van der Waals surface area contributed by atoms with E-state index in [0.29, 0.717) is 13.0 Å². The van der Waals surface area contributed by atoms with Gasteiger partial charge < -0.3 is 10.2 Å². The predicted molar refractivity (Wildman–Crippen MR) is 122 cm³/mol. The average Bonchev–Trinajstić information content (AvgIpc) is 2.95. The summed E-state index contributed by atoms with van der Waals surface area (Å²) in [7, 11) is 0. The number of benzene rings is 1. The fraction of sp³-hybridized carbons (Fsp3) is 0.640. The zero-order valence-electron chi connectivity index (χ0n) is 19.1. The van der Waals surface area contributed by atoms with Gasteiger partial charge in [0.15, 0.2) is 0 Å². The third kappa shape index (κ3) is 3.85. The molecule has 6 nitrogen and oxygen atoms in total. The van der Waals surface area contributed by atoms with Crippen molar-refractivity contribution in [2.75, 3.05) is 29.9 Å². The van der Waals surface area contributed by atoms with Gasteiger partial charge in [0.25, 0.3) is 0 Å². The highest BCUT2D eigenvalue weighted by molar-refractivity contribution is 6.03. The third-order valence-corrected chi connectivity index (χ3v) is 8.17. The second-order valence-corrected chi connectivity index (χ2v) is 10.2. The highest BCUT2D eigenvalue weighted by Crippen LogP contribution is 2.60. The second kappa shape index (κ2) is 8.29. The van der Waals surface area contributed by atoms with Crippen LogP contribution in [0.4, 0.5) is 11.4 Å². The van der Waals surface area contributed by atoms with Crippen LogP contribution >= 0.6 is 0 Å². The number of hydrogen-bond donors (Lipinski definition) is 1. The Morgan fingerprint density at radius 2 is 1.74 bits per heavy atom. The number of rotatable bonds is 6. The van der Waals surface area contributed by atoms with Crippen LogP contribution in [-0.4, -0.2) is 42.3 Å². The number of nitrogens with one attached hydrogen (secondary N) is 1. The van der Waals surface area contributed by atoms with Crippen LogP contribution in [0.15, 0.2) is 24.3 Å². The van der Waals surface area contributed by atoms with E-state index in [1.807, 2.05) is 32.9 Å². The van der Waals surface area contributed by atoms with Crippen molar-refractivity contribution in [1.29, 1.82) is 0 Å². The van der Waals surface area contributed by atoms with Gasteiger partial charge in [-0.3, -0.25) is 19.3 Å². The molecule has 2 bridgehead atoms. The van der Waals surface area contributed by atoms with Crippen LogP contribution in [0.25, 0.3) is 0 Å². The maximum atomic E-state index is 13.1. The van der Waals surface area contributed by atoms with Crippen molar-refractivity contribution in [3.8, 4) is 0 Å². The van der Waals surface area contributed by atoms with Gasteiger partial charge in [-0.1, -0.05) is 20.8 Å². The molecule has 6 heteroatoms. The van der Waals surface area contributed by atoms with Crippen LogP contribution in [0.1, 0.15) is 65.7 Å². The Labute approximate surface area is 185 Å². The van der Waals surface area contributed by atoms with E-state index in [0.717, 1.165) is 31.6 Å². The first-order valence-corrected chi connectivity index (χ1v) is 11.7. The summed E-state index contributed by atoms with van der Waals surface area (Å²) in [6.07, 6.45) is 6.08. The normalized spacial score (nSPS) is 27.5. The lowest BCUT2D eigenvalue weighted by Gasteiger charge is -2.47. The van der Waals surface area contributed by atoms with Gasteiger partial charge in [-0.25, -0.2) is 0 Å². The van der Waals surface area contributed by atoms with Gasteiger partial charge in [-0.15, -0.1) is 0 Å². The van der Waals surface area contributed by atoms with Gasteiger partial charge in [-0.2, -0.15) is 0 Å². The number of carbonyl (C=O) groups excluding carboxylic acids is 3. The molecule has 2 heterocycles. The SMILES string of the molecule is CC12CCC(C(=O)N(CCCC(=O)Nc3ccc(N4CCCCC4)cc3)C1=O)C2(C)C. The standard InChI is InChI=1S/C25H35N3O3/c1-24(2)20-13-14-25(24,3)23(31)28(22(20)30)17-7-8-21(29)26-18-9-11-19(12-10-18)27-15-5-4-6-16-27/h9-12,20H,4-8,13-17H2,1-3H3,(H,26,29). The van der Waals surface area contributed by atoms with Crippen LogP contribution in [0.5, 0.6) is 0 Å². The molecule has 1 aromatic rings. The monoisotopic (exact) mass is 425 g/mol. The Bertz CT molecular complexity index is 857. The Kier molecular flexibility index (Phi) is 5.84. The number of likely N-dealkylation sites (tertiary alicyclic amines) is 1. The number of nitrogens with zero attached hydrogens (tertiary/aromatic N) is 2. The van der Waals surface area contributed by atoms with Crippen molar-refractivity contribution in [3.05, 3.63) is 24.3 Å². The third-order valence-electron chi connectivity index (χ3n) is 8.17. The molecule has 2 saturated heterocycles. The summed E-state index contributed by atoms with van der Waals surface area (Å²) in [6, 6.07) is 8.01. The Morgan fingerprint density at radius 3 is 2.42 bits per heavy atom. The zero-order chi connectivity index (χ0) is 22.2. The summed E-state index contributed by atoms with van der Waals surface area (Å²) in [5.74, 6) is -0.303. The van der Waals surface area contributed by atoms with Crippen molar-refractivity contribution in [2.45, 2.75) is 65.7 Å². The minimum Gasteiger partial charge on any atom is -0.372 e. The maximum Gasteiger partial charge on any atom is 0.235 e. The summed E-state index contributed by atoms with van der Waals surface area (Å²) in [4.78, 5) is 42.1. The Morgan fingerprint density at radius 1 is 1.06 bits per heavy atom. The van der Waals surface area contributed by atoms with E-state index in [-0.39, 0.29) is 35.5 Å². The molecule has 1 aromatic carbocycles. The topological polar surface area (TPSA) is 69.7 Å². The number of anilines is 2. The Balaban J connectivity index is 1.28. The van der Waals surface area contributed by atoms with Crippen molar-refractivity contribution in [1.82, 2.24) is 4.90 Å². The van der Waals surface area contributed by atoms with Gasteiger partial charge >= 0.3 is 0 Å². The minimum atomic E-state index is -0.482. The lowest BCUT2D eigenvalue weighted by molar-refractivity contribution is -0.168. The molecule has 1 N–H and O–H groups in total. The van der Waals surface area contributed by atoms with Crippen molar-refractivity contribution in [2.24, 2.45) is 16.7 Å². The molecule has 3 fully saturated rings. The Hall–Kier alpha value is -2.37. The molecule has 1 saturated carbocycles. The molecule has 0 radical (unpaired) electrons. The molecule has 3 aliphatic rings. The molecular weight excluding hydrogens is 390 g/mol. The van der Waals surface area contributed by atoms with E-state index < -0.39 is 5.41 Å². The molecule has 31 heavy (non-hydrogen) atoms. The summed E-state index contributed by atoms with van der Waals surface area (Å²) in [6.45, 7) is 8.59. The van der Waals surface area contributed by atoms with Crippen LogP contribution in [0.3, 0.4) is 0 Å². The zero-order valence-corrected chi connectivity index (χ0v) is 19.1. The minimum absolute atomic E-state index is 0.0568. The summed E-state index contributed by atoms with van der Waals surface area (Å²) in [5.41, 5.74) is 1.20. The summed E-state index contributed by atoms with van der Waals surface area (Å²) < 4.78 is 0. The number of hydrogen-bond acceptors (Lipinski definition) is 4. The van der Waals surface area contributed by atoms with Crippen LogP contribution in [-0.2, 0) is 14.4 Å². The van der Waals surface area contributed by atoms with E-state index in [2.05, 4.69) is 22.3 Å². The average molecular weight is 426 g/mol. The largest absolute Gasteiger partial charge is 0.372 e. The number of imide groups is 1. The quantitative estimate of drug-likeness (QED) is 0.693. The van der Waals surface area contributed by atoms with Gasteiger partial charge in [0.05, 0.1) is 5.41 Å². The molecule has 2 aliphatic heterocycles. The highest BCUT2D eigenvalue weighted by atomic mass is 16.2. The van der Waals surface area contributed by atoms with Crippen LogP contribution in [0.2, 0.25) is 0 Å². The number of amides is 3. The molecule has 0 aromatic heterocycles. The van der Waals surface area contributed by atoms with Crippen molar-refractivity contribution in [3.63, 3.8) is 0 Å². The number of piperidine rings is 2. The fourth-order valence-electron chi connectivity index (χ4n) is 5.64. The lowest BCUT2D eigenvalue weighted by atomic mass is 9.62. The predicted octanol–water partition coefficient (Wildman–Crippen LogP) is 4.21. The first-order chi connectivity index (χ1) is 14.7. The van der Waals surface area contributed by atoms with E-state index in [1.54, 1.807) is 0 Å². The second-order valence-electron chi connectivity index (χ2n) is 10.2. The highest BCUT2D eigenvalue weighted by Gasteiger charge is 2.64. The summed E-state index contributed by atoms with van der Waals surface area (Å²) in [5, 5.41) is 2.94. The molecule has 0 spiro atoms. The van der Waals surface area contributed by atoms with Gasteiger partial charge in [0, 0.05) is 43.3 Å². The molecular formula is C25H35N3O3. The first-order valence-electron chi connectivity index (χ1n) is 11.7. The van der Waals surface area contributed by atoms with Gasteiger partial charge in [0.2, 0.25) is 17.7 Å². The van der Waals surface area contributed by atoms with Crippen molar-refractivity contribution >= 4 is 29.1 Å². The fourth-order valence-corrected chi connectivity index (χ4v) is 5.64. The molecule has 1 aliphatic carbocycles. The number of fused-ring (bicyclic) bond motifs is 2. The van der Waals surface area contributed by atoms with Gasteiger partial charge in [-0.05, 0) is 68.2 Å². The van der Waals surface area contributed by atoms with Crippen LogP contribution < -0.4 is 10.2 Å². The van der Waals surface area contributed by atoms with E-state index in [4.69, 9.17) is 0 Å². The molecule has 168 valence electrons. The number of carbonyl (C=O) groups is 3. The van der Waals surface area contributed by atoms with Gasteiger partial charge in [0.1, 0.15) is 0 Å². The lowest BCUT2D eigenvalue weighted by Crippen LogP contribution is -2.59. The van der Waals surface area contributed by atoms with E-state index >= 15 is 0 Å². The maximum absolute atomic E-state index is 13.1.